The molecule has 1 aromatic carbocycles. The van der Waals surface area contributed by atoms with Gasteiger partial charge in [0.15, 0.2) is 0 Å². The third kappa shape index (κ3) is 2.74. The first-order valence-corrected chi connectivity index (χ1v) is 5.47. The van der Waals surface area contributed by atoms with Crippen LogP contribution in [0.25, 0.3) is 11.0 Å². The Kier molecular flexibility index (Phi) is 3.26. The van der Waals surface area contributed by atoms with Crippen LogP contribution < -0.4 is 5.32 Å². The lowest BCUT2D eigenvalue weighted by molar-refractivity contribution is 0.425. The second-order valence-electron chi connectivity index (χ2n) is 4.16. The minimum absolute atomic E-state index is 0.640. The summed E-state index contributed by atoms with van der Waals surface area (Å²) in [5.74, 6) is 0.747. The molecule has 88 valence electrons. The summed E-state index contributed by atoms with van der Waals surface area (Å²) in [7, 11) is 4.05. The lowest BCUT2D eigenvalue weighted by Crippen LogP contribution is -2.21. The predicted octanol–water partition coefficient (Wildman–Crippen LogP) is 1.41. The number of H-pyrrole nitrogens is 1. The molecule has 0 bridgehead atoms. The quantitative estimate of drug-likeness (QED) is 0.831. The molecule has 0 fully saturated rings. The van der Waals surface area contributed by atoms with Crippen molar-refractivity contribution >= 4 is 17.0 Å². The van der Waals surface area contributed by atoms with Gasteiger partial charge in [0.05, 0.1) is 22.7 Å². The van der Waals surface area contributed by atoms with E-state index < -0.39 is 0 Å². The summed E-state index contributed by atoms with van der Waals surface area (Å²) in [5, 5.41) is 12.0. The lowest BCUT2D eigenvalue weighted by Gasteiger charge is -2.08. The minimum Gasteiger partial charge on any atom is -0.355 e. The fourth-order valence-electron chi connectivity index (χ4n) is 1.56. The molecule has 2 N–H and O–H groups in total. The van der Waals surface area contributed by atoms with E-state index in [-0.39, 0.29) is 0 Å². The number of rotatable bonds is 4. The number of benzene rings is 1. The van der Waals surface area contributed by atoms with Gasteiger partial charge in [-0.2, -0.15) is 5.26 Å². The van der Waals surface area contributed by atoms with E-state index in [1.165, 1.54) is 0 Å². The van der Waals surface area contributed by atoms with Crippen LogP contribution in [0.3, 0.4) is 0 Å². The maximum Gasteiger partial charge on any atom is 0.201 e. The zero-order valence-electron chi connectivity index (χ0n) is 9.99. The van der Waals surface area contributed by atoms with Gasteiger partial charge in [-0.15, -0.1) is 0 Å². The molecule has 0 spiro atoms. The lowest BCUT2D eigenvalue weighted by atomic mass is 10.2. The molecule has 5 heteroatoms. The number of nitrogens with one attached hydrogen (secondary N) is 2. The first kappa shape index (κ1) is 11.4. The van der Waals surface area contributed by atoms with Crippen molar-refractivity contribution in [3.8, 4) is 6.07 Å². The van der Waals surface area contributed by atoms with Gasteiger partial charge in [0.1, 0.15) is 0 Å². The molecule has 0 radical (unpaired) electrons. The summed E-state index contributed by atoms with van der Waals surface area (Å²) in [5.41, 5.74) is 2.40. The molecule has 1 heterocycles. The number of aromatic nitrogens is 2. The number of aromatic amines is 1. The van der Waals surface area contributed by atoms with Crippen LogP contribution in [-0.4, -0.2) is 42.1 Å². The van der Waals surface area contributed by atoms with Gasteiger partial charge in [-0.25, -0.2) is 4.98 Å². The van der Waals surface area contributed by atoms with E-state index in [1.807, 2.05) is 20.2 Å². The highest BCUT2D eigenvalue weighted by Gasteiger charge is 2.02. The summed E-state index contributed by atoms with van der Waals surface area (Å²) in [4.78, 5) is 9.64. The van der Waals surface area contributed by atoms with Crippen molar-refractivity contribution < 1.29 is 0 Å². The van der Waals surface area contributed by atoms with Crippen molar-refractivity contribution in [2.45, 2.75) is 0 Å². The number of imidazole rings is 1. The molecule has 0 amide bonds. The van der Waals surface area contributed by atoms with E-state index >= 15 is 0 Å². The van der Waals surface area contributed by atoms with Gasteiger partial charge in [0, 0.05) is 13.1 Å². The number of fused-ring (bicyclic) bond motifs is 1. The van der Waals surface area contributed by atoms with Crippen molar-refractivity contribution in [1.82, 2.24) is 14.9 Å². The minimum atomic E-state index is 0.640. The molecule has 0 aliphatic heterocycles. The Labute approximate surface area is 100 Å². The van der Waals surface area contributed by atoms with Crippen molar-refractivity contribution in [1.29, 1.82) is 5.26 Å². The fraction of sp³-hybridized carbons (Fsp3) is 0.333. The van der Waals surface area contributed by atoms with E-state index in [0.29, 0.717) is 5.56 Å². The van der Waals surface area contributed by atoms with Crippen molar-refractivity contribution in [2.75, 3.05) is 32.5 Å². The van der Waals surface area contributed by atoms with E-state index in [1.54, 1.807) is 12.1 Å². The number of likely N-dealkylation sites (N-methyl/N-ethyl adjacent to an activating group) is 1. The van der Waals surface area contributed by atoms with Crippen molar-refractivity contribution in [3.63, 3.8) is 0 Å². The van der Waals surface area contributed by atoms with Gasteiger partial charge in [-0.3, -0.25) is 0 Å². The van der Waals surface area contributed by atoms with Crippen molar-refractivity contribution in [2.24, 2.45) is 0 Å². The van der Waals surface area contributed by atoms with Gasteiger partial charge < -0.3 is 15.2 Å². The second-order valence-corrected chi connectivity index (χ2v) is 4.16. The summed E-state index contributed by atoms with van der Waals surface area (Å²) in [6.45, 7) is 1.78. The van der Waals surface area contributed by atoms with E-state index in [0.717, 1.165) is 30.1 Å². The molecule has 17 heavy (non-hydrogen) atoms. The fourth-order valence-corrected chi connectivity index (χ4v) is 1.56. The number of nitriles is 1. The third-order valence-corrected chi connectivity index (χ3v) is 2.46. The molecule has 0 unspecified atom stereocenters. The van der Waals surface area contributed by atoms with Gasteiger partial charge >= 0.3 is 0 Å². The topological polar surface area (TPSA) is 67.7 Å². The van der Waals surface area contributed by atoms with Crippen LogP contribution in [0, 0.1) is 11.3 Å². The maximum absolute atomic E-state index is 8.80. The summed E-state index contributed by atoms with van der Waals surface area (Å²) in [6, 6.07) is 7.54. The predicted molar refractivity (Wildman–Crippen MR) is 67.9 cm³/mol. The average molecular weight is 229 g/mol. The summed E-state index contributed by atoms with van der Waals surface area (Å²) >= 11 is 0. The smallest absolute Gasteiger partial charge is 0.201 e. The molecule has 0 aliphatic rings. The molecular weight excluding hydrogens is 214 g/mol. The number of anilines is 1. The molecule has 5 nitrogen and oxygen atoms in total. The van der Waals surface area contributed by atoms with Crippen LogP contribution in [-0.2, 0) is 0 Å². The highest BCUT2D eigenvalue weighted by atomic mass is 15.1. The first-order chi connectivity index (χ1) is 8.19. The SMILES string of the molecule is CN(C)CCNc1nc2ccc(C#N)cc2[nH]1. The highest BCUT2D eigenvalue weighted by molar-refractivity contribution is 5.78. The Morgan fingerprint density at radius 1 is 1.47 bits per heavy atom. The molecular formula is C12H15N5. The van der Waals surface area contributed by atoms with E-state index in [4.69, 9.17) is 5.26 Å². The number of hydrogen-bond donors (Lipinski definition) is 2. The Morgan fingerprint density at radius 3 is 3.00 bits per heavy atom. The van der Waals surface area contributed by atoms with Crippen LogP contribution in [0.2, 0.25) is 0 Å². The van der Waals surface area contributed by atoms with Gasteiger partial charge in [-0.05, 0) is 32.3 Å². The normalized spacial score (nSPS) is 10.7. The number of nitrogens with zero attached hydrogens (tertiary/aromatic N) is 3. The Morgan fingerprint density at radius 2 is 2.29 bits per heavy atom. The average Bonchev–Trinajstić information content (AvgIpc) is 2.69. The van der Waals surface area contributed by atoms with Crippen LogP contribution >= 0.6 is 0 Å². The van der Waals surface area contributed by atoms with Crippen LogP contribution in [0.4, 0.5) is 5.95 Å². The summed E-state index contributed by atoms with van der Waals surface area (Å²) < 4.78 is 0. The molecule has 1 aromatic heterocycles. The monoisotopic (exact) mass is 229 g/mol. The zero-order chi connectivity index (χ0) is 12.3. The highest BCUT2D eigenvalue weighted by Crippen LogP contribution is 2.15. The van der Waals surface area contributed by atoms with Gasteiger partial charge in [0.25, 0.3) is 0 Å². The molecule has 2 rings (SSSR count). The molecule has 0 saturated heterocycles. The van der Waals surface area contributed by atoms with Gasteiger partial charge in [-0.1, -0.05) is 0 Å². The van der Waals surface area contributed by atoms with E-state index in [2.05, 4.69) is 26.3 Å². The van der Waals surface area contributed by atoms with Crippen LogP contribution in [0.5, 0.6) is 0 Å². The Bertz CT molecular complexity index is 550. The van der Waals surface area contributed by atoms with E-state index in [9.17, 15) is 0 Å². The summed E-state index contributed by atoms with van der Waals surface area (Å²) in [6.07, 6.45) is 0. The maximum atomic E-state index is 8.80. The first-order valence-electron chi connectivity index (χ1n) is 5.47. The molecule has 2 aromatic rings. The number of hydrogen-bond acceptors (Lipinski definition) is 4. The Balaban J connectivity index is 2.12. The molecule has 0 atom stereocenters. The van der Waals surface area contributed by atoms with Crippen LogP contribution in [0.15, 0.2) is 18.2 Å². The second kappa shape index (κ2) is 4.85. The molecule has 0 aliphatic carbocycles. The van der Waals surface area contributed by atoms with Gasteiger partial charge in [0.2, 0.25) is 5.95 Å². The molecule has 0 saturated carbocycles. The van der Waals surface area contributed by atoms with Crippen LogP contribution in [0.1, 0.15) is 5.56 Å². The largest absolute Gasteiger partial charge is 0.355 e. The Hall–Kier alpha value is -2.06. The van der Waals surface area contributed by atoms with Crippen molar-refractivity contribution in [3.05, 3.63) is 23.8 Å². The zero-order valence-corrected chi connectivity index (χ0v) is 9.99. The third-order valence-electron chi connectivity index (χ3n) is 2.46. The standard InChI is InChI=1S/C12H15N5/c1-17(2)6-5-14-12-15-10-4-3-9(8-13)7-11(10)16-12/h3-4,7H,5-6H2,1-2H3,(H2,14,15,16).